The lowest BCUT2D eigenvalue weighted by atomic mass is 10.3. The fraction of sp³-hybridized carbons (Fsp3) is 0.0909. The van der Waals surface area contributed by atoms with Crippen molar-refractivity contribution in [3.8, 4) is 0 Å². The van der Waals surface area contributed by atoms with E-state index < -0.39 is 10.0 Å². The number of sulfonamides is 1. The average Bonchev–Trinajstić information content (AvgIpc) is 2.82. The highest BCUT2D eigenvalue weighted by atomic mass is 79.9. The molecule has 2 rings (SSSR count). The molecule has 0 aliphatic heterocycles. The molecule has 19 heavy (non-hydrogen) atoms. The van der Waals surface area contributed by atoms with Crippen LogP contribution in [0, 0.1) is 0 Å². The van der Waals surface area contributed by atoms with E-state index in [0.29, 0.717) is 5.76 Å². The molecule has 8 heteroatoms. The largest absolute Gasteiger partial charge is 0.446 e. The lowest BCUT2D eigenvalue weighted by Crippen LogP contribution is -2.12. The van der Waals surface area contributed by atoms with Crippen molar-refractivity contribution in [1.29, 1.82) is 0 Å². The van der Waals surface area contributed by atoms with Crippen molar-refractivity contribution in [2.75, 3.05) is 4.72 Å². The molecule has 3 N–H and O–H groups in total. The second-order valence-corrected chi connectivity index (χ2v) is 6.59. The van der Waals surface area contributed by atoms with E-state index in [1.54, 1.807) is 18.2 Å². The van der Waals surface area contributed by atoms with Gasteiger partial charge in [-0.1, -0.05) is 27.5 Å². The predicted molar refractivity (Wildman–Crippen MR) is 76.6 cm³/mol. The van der Waals surface area contributed by atoms with Crippen LogP contribution in [0.3, 0.4) is 0 Å². The zero-order chi connectivity index (χ0) is 14.0. The number of hydrogen-bond acceptors (Lipinski definition) is 4. The summed E-state index contributed by atoms with van der Waals surface area (Å²) in [7, 11) is -3.81. The van der Waals surface area contributed by atoms with E-state index in [2.05, 4.69) is 20.7 Å². The topological polar surface area (TPSA) is 85.3 Å². The maximum atomic E-state index is 12.1. The molecule has 1 aromatic heterocycles. The Balaban J connectivity index is 2.30. The van der Waals surface area contributed by atoms with Crippen molar-refractivity contribution >= 4 is 43.2 Å². The Labute approximate surface area is 123 Å². The monoisotopic (exact) mass is 364 g/mol. The van der Waals surface area contributed by atoms with E-state index in [-0.39, 0.29) is 22.3 Å². The van der Waals surface area contributed by atoms with Gasteiger partial charge in [0.2, 0.25) is 5.09 Å². The fourth-order valence-electron chi connectivity index (χ4n) is 1.38. The van der Waals surface area contributed by atoms with Gasteiger partial charge in [-0.3, -0.25) is 4.72 Å². The summed E-state index contributed by atoms with van der Waals surface area (Å²) in [6, 6.07) is 7.68. The molecule has 0 unspecified atom stereocenters. The third-order valence-corrected chi connectivity index (χ3v) is 4.32. The van der Waals surface area contributed by atoms with Gasteiger partial charge in [-0.15, -0.1) is 0 Å². The van der Waals surface area contributed by atoms with Crippen molar-refractivity contribution < 1.29 is 12.8 Å². The van der Waals surface area contributed by atoms with Gasteiger partial charge in [-0.05, 0) is 30.3 Å². The molecule has 1 heterocycles. The number of furan rings is 1. The second-order valence-electron chi connectivity index (χ2n) is 3.65. The minimum atomic E-state index is -3.81. The van der Waals surface area contributed by atoms with E-state index in [9.17, 15) is 8.42 Å². The number of halogens is 2. The fourth-order valence-corrected chi connectivity index (χ4v) is 3.19. The Morgan fingerprint density at radius 1 is 1.32 bits per heavy atom. The predicted octanol–water partition coefficient (Wildman–Crippen LogP) is 2.96. The minimum absolute atomic E-state index is 0.133. The van der Waals surface area contributed by atoms with Gasteiger partial charge in [0.15, 0.2) is 0 Å². The summed E-state index contributed by atoms with van der Waals surface area (Å²) in [5.41, 5.74) is 5.64. The van der Waals surface area contributed by atoms with Crippen LogP contribution < -0.4 is 10.5 Å². The molecule has 0 spiro atoms. The molecule has 0 aliphatic rings. The SMILES string of the molecule is NCc1ccc(S(=O)(=O)Nc2ccc(Br)cc2Cl)o1. The summed E-state index contributed by atoms with van der Waals surface area (Å²) < 4.78 is 32.3. The number of rotatable bonds is 4. The molecular formula is C11H10BrClN2O3S. The molecule has 1 aromatic carbocycles. The summed E-state index contributed by atoms with van der Waals surface area (Å²) >= 11 is 9.19. The van der Waals surface area contributed by atoms with Crippen molar-refractivity contribution in [1.82, 2.24) is 0 Å². The Hall–Kier alpha value is -1.02. The van der Waals surface area contributed by atoms with Crippen LogP contribution >= 0.6 is 27.5 Å². The van der Waals surface area contributed by atoms with Gasteiger partial charge in [0.25, 0.3) is 10.0 Å². The zero-order valence-electron chi connectivity index (χ0n) is 9.56. The number of hydrogen-bond donors (Lipinski definition) is 2. The van der Waals surface area contributed by atoms with Crippen LogP contribution in [-0.2, 0) is 16.6 Å². The van der Waals surface area contributed by atoms with E-state index >= 15 is 0 Å². The second kappa shape index (κ2) is 5.54. The Morgan fingerprint density at radius 2 is 2.05 bits per heavy atom. The molecule has 0 saturated heterocycles. The van der Waals surface area contributed by atoms with Gasteiger partial charge in [-0.2, -0.15) is 8.42 Å². The van der Waals surface area contributed by atoms with Gasteiger partial charge in [0, 0.05) is 4.47 Å². The molecule has 2 aromatic rings. The van der Waals surface area contributed by atoms with Crippen LogP contribution in [0.5, 0.6) is 0 Å². The van der Waals surface area contributed by atoms with Crippen LogP contribution in [-0.4, -0.2) is 8.42 Å². The molecule has 0 saturated carbocycles. The van der Waals surface area contributed by atoms with Crippen molar-refractivity contribution in [3.05, 3.63) is 45.6 Å². The Kier molecular flexibility index (Phi) is 4.19. The molecule has 0 bridgehead atoms. The summed E-state index contributed by atoms with van der Waals surface area (Å²) in [4.78, 5) is 0. The lowest BCUT2D eigenvalue weighted by Gasteiger charge is -2.07. The molecular weight excluding hydrogens is 356 g/mol. The number of nitrogens with one attached hydrogen (secondary N) is 1. The minimum Gasteiger partial charge on any atom is -0.446 e. The highest BCUT2D eigenvalue weighted by Crippen LogP contribution is 2.28. The number of anilines is 1. The van der Waals surface area contributed by atoms with Gasteiger partial charge in [0.1, 0.15) is 5.76 Å². The maximum Gasteiger partial charge on any atom is 0.295 e. The van der Waals surface area contributed by atoms with Gasteiger partial charge < -0.3 is 10.2 Å². The molecule has 0 fully saturated rings. The van der Waals surface area contributed by atoms with E-state index in [0.717, 1.165) is 4.47 Å². The summed E-state index contributed by atoms with van der Waals surface area (Å²) in [6.45, 7) is 0.133. The first-order chi connectivity index (χ1) is 8.92. The molecule has 0 amide bonds. The highest BCUT2D eigenvalue weighted by molar-refractivity contribution is 9.10. The lowest BCUT2D eigenvalue weighted by molar-refractivity contribution is 0.417. The van der Waals surface area contributed by atoms with E-state index in [1.165, 1.54) is 12.1 Å². The van der Waals surface area contributed by atoms with E-state index in [1.807, 2.05) is 0 Å². The van der Waals surface area contributed by atoms with E-state index in [4.69, 9.17) is 21.8 Å². The first kappa shape index (κ1) is 14.4. The molecule has 0 radical (unpaired) electrons. The molecule has 0 aliphatic carbocycles. The van der Waals surface area contributed by atoms with Crippen LogP contribution in [0.1, 0.15) is 5.76 Å². The highest BCUT2D eigenvalue weighted by Gasteiger charge is 2.19. The van der Waals surface area contributed by atoms with Gasteiger partial charge in [-0.25, -0.2) is 0 Å². The summed E-state index contributed by atoms with van der Waals surface area (Å²) in [6.07, 6.45) is 0. The summed E-state index contributed by atoms with van der Waals surface area (Å²) in [5.74, 6) is 0.391. The summed E-state index contributed by atoms with van der Waals surface area (Å²) in [5, 5.41) is 0.0792. The third kappa shape index (κ3) is 3.30. The Bertz CT molecular complexity index is 700. The zero-order valence-corrected chi connectivity index (χ0v) is 12.7. The molecule has 5 nitrogen and oxygen atoms in total. The van der Waals surface area contributed by atoms with Crippen molar-refractivity contribution in [2.45, 2.75) is 11.6 Å². The quantitative estimate of drug-likeness (QED) is 0.872. The van der Waals surface area contributed by atoms with Crippen LogP contribution in [0.15, 0.2) is 44.3 Å². The molecule has 0 atom stereocenters. The van der Waals surface area contributed by atoms with Crippen LogP contribution in [0.4, 0.5) is 5.69 Å². The van der Waals surface area contributed by atoms with Crippen LogP contribution in [0.2, 0.25) is 5.02 Å². The smallest absolute Gasteiger partial charge is 0.295 e. The molecule has 102 valence electrons. The third-order valence-electron chi connectivity index (χ3n) is 2.28. The van der Waals surface area contributed by atoms with Crippen molar-refractivity contribution in [2.24, 2.45) is 5.73 Å². The van der Waals surface area contributed by atoms with Crippen LogP contribution in [0.25, 0.3) is 0 Å². The number of nitrogens with two attached hydrogens (primary N) is 1. The Morgan fingerprint density at radius 3 is 2.63 bits per heavy atom. The van der Waals surface area contributed by atoms with Crippen molar-refractivity contribution in [3.63, 3.8) is 0 Å². The average molecular weight is 366 g/mol. The standard InChI is InChI=1S/C11H10BrClN2O3S/c12-7-1-3-10(9(13)5-7)15-19(16,17)11-4-2-8(6-14)18-11/h1-5,15H,6,14H2. The van der Waals surface area contributed by atoms with Gasteiger partial charge in [0.05, 0.1) is 17.3 Å². The maximum absolute atomic E-state index is 12.1. The first-order valence-corrected chi connectivity index (χ1v) is 7.84. The number of benzene rings is 1. The normalized spacial score (nSPS) is 11.5. The van der Waals surface area contributed by atoms with Gasteiger partial charge >= 0.3 is 0 Å². The first-order valence-electron chi connectivity index (χ1n) is 5.19.